The predicted octanol–water partition coefficient (Wildman–Crippen LogP) is 2.80. The average Bonchev–Trinajstić information content (AvgIpc) is 2.40. The number of aromatic carboxylic acids is 1. The van der Waals surface area contributed by atoms with E-state index in [1.54, 1.807) is 24.3 Å². The Hall–Kier alpha value is -2.32. The molecule has 0 aliphatic heterocycles. The lowest BCUT2D eigenvalue weighted by atomic mass is 10.2. The second-order valence-corrected chi connectivity index (χ2v) is 4.52. The molecule has 0 aliphatic rings. The highest BCUT2D eigenvalue weighted by atomic mass is 32.2. The summed E-state index contributed by atoms with van der Waals surface area (Å²) in [5.41, 5.74) is 0.799. The molecule has 0 atom stereocenters. The number of benzene rings is 1. The van der Waals surface area contributed by atoms with Crippen molar-refractivity contribution in [3.05, 3.63) is 53.7 Å². The van der Waals surface area contributed by atoms with Crippen LogP contribution < -0.4 is 0 Å². The highest BCUT2D eigenvalue weighted by Gasteiger charge is 2.05. The zero-order chi connectivity index (χ0) is 13.0. The summed E-state index contributed by atoms with van der Waals surface area (Å²) < 4.78 is 0. The first kappa shape index (κ1) is 12.1. The summed E-state index contributed by atoms with van der Waals surface area (Å²) in [4.78, 5) is 15.8. The Morgan fingerprint density at radius 2 is 2.00 bits per heavy atom. The molecule has 2 aromatic rings. The van der Waals surface area contributed by atoms with Crippen LogP contribution in [0.25, 0.3) is 0 Å². The number of carboxylic acid groups (broad SMARTS) is 1. The van der Waals surface area contributed by atoms with Crippen molar-refractivity contribution >= 4 is 17.7 Å². The van der Waals surface area contributed by atoms with Crippen LogP contribution in [0.2, 0.25) is 0 Å². The number of rotatable bonds is 3. The van der Waals surface area contributed by atoms with Crippen LogP contribution in [-0.4, -0.2) is 16.1 Å². The van der Waals surface area contributed by atoms with Gasteiger partial charge >= 0.3 is 5.97 Å². The van der Waals surface area contributed by atoms with Gasteiger partial charge in [0.2, 0.25) is 0 Å². The zero-order valence-electron chi connectivity index (χ0n) is 9.20. The second-order valence-electron chi connectivity index (χ2n) is 3.43. The molecule has 0 saturated heterocycles. The third-order valence-corrected chi connectivity index (χ3v) is 3.13. The maximum absolute atomic E-state index is 10.8. The van der Waals surface area contributed by atoms with Crippen molar-refractivity contribution in [2.45, 2.75) is 9.92 Å². The Labute approximate surface area is 108 Å². The minimum absolute atomic E-state index is 0.209. The molecule has 1 aromatic carbocycles. The Morgan fingerprint density at radius 3 is 2.61 bits per heavy atom. The Kier molecular flexibility index (Phi) is 3.60. The summed E-state index contributed by atoms with van der Waals surface area (Å²) in [6, 6.07) is 12.0. The van der Waals surface area contributed by atoms with E-state index in [1.165, 1.54) is 30.1 Å². The number of pyridine rings is 1. The normalized spacial score (nSPS) is 9.72. The van der Waals surface area contributed by atoms with E-state index >= 15 is 0 Å². The molecule has 4 nitrogen and oxygen atoms in total. The van der Waals surface area contributed by atoms with Gasteiger partial charge in [0.25, 0.3) is 0 Å². The summed E-state index contributed by atoms with van der Waals surface area (Å²) in [7, 11) is 0. The molecule has 0 radical (unpaired) electrons. The molecular weight excluding hydrogens is 248 g/mol. The van der Waals surface area contributed by atoms with Crippen molar-refractivity contribution in [3.8, 4) is 6.07 Å². The average molecular weight is 256 g/mol. The van der Waals surface area contributed by atoms with Gasteiger partial charge in [-0.2, -0.15) is 5.26 Å². The van der Waals surface area contributed by atoms with Crippen LogP contribution in [0.1, 0.15) is 15.9 Å². The number of nitriles is 1. The largest absolute Gasteiger partial charge is 0.478 e. The number of aromatic nitrogens is 1. The molecule has 0 fully saturated rings. The molecular formula is C13H8N2O2S. The zero-order valence-corrected chi connectivity index (χ0v) is 10.0. The second kappa shape index (κ2) is 5.34. The maximum Gasteiger partial charge on any atom is 0.335 e. The van der Waals surface area contributed by atoms with Gasteiger partial charge in [0, 0.05) is 11.1 Å². The standard InChI is InChI=1S/C13H8N2O2S/c14-8-9-1-3-11(4-2-9)18-12-7-10(13(16)17)5-6-15-12/h1-7H,(H,16,17). The third-order valence-electron chi connectivity index (χ3n) is 2.19. The Bertz CT molecular complexity index is 618. The number of carbonyl (C=O) groups is 1. The number of hydrogen-bond donors (Lipinski definition) is 1. The monoisotopic (exact) mass is 256 g/mol. The fourth-order valence-electron chi connectivity index (χ4n) is 1.32. The van der Waals surface area contributed by atoms with E-state index in [0.29, 0.717) is 10.6 Å². The lowest BCUT2D eigenvalue weighted by molar-refractivity contribution is 0.0696. The van der Waals surface area contributed by atoms with Crippen LogP contribution in [0.5, 0.6) is 0 Å². The number of hydrogen-bond acceptors (Lipinski definition) is 4. The molecule has 1 aromatic heterocycles. The van der Waals surface area contributed by atoms with Gasteiger partial charge in [-0.3, -0.25) is 0 Å². The molecule has 1 heterocycles. The van der Waals surface area contributed by atoms with E-state index in [2.05, 4.69) is 4.98 Å². The smallest absolute Gasteiger partial charge is 0.335 e. The summed E-state index contributed by atoms with van der Waals surface area (Å²) >= 11 is 1.35. The summed E-state index contributed by atoms with van der Waals surface area (Å²) in [5, 5.41) is 18.2. The SMILES string of the molecule is N#Cc1ccc(Sc2cc(C(=O)O)ccn2)cc1. The summed E-state index contributed by atoms with van der Waals surface area (Å²) in [5.74, 6) is -0.973. The van der Waals surface area contributed by atoms with Crippen molar-refractivity contribution in [1.82, 2.24) is 4.98 Å². The van der Waals surface area contributed by atoms with Crippen LogP contribution in [0.4, 0.5) is 0 Å². The fourth-order valence-corrected chi connectivity index (χ4v) is 2.13. The summed E-state index contributed by atoms with van der Waals surface area (Å²) in [6.07, 6.45) is 1.47. The van der Waals surface area contributed by atoms with Gasteiger partial charge in [0.05, 0.1) is 17.2 Å². The molecule has 0 amide bonds. The van der Waals surface area contributed by atoms with Crippen LogP contribution >= 0.6 is 11.8 Å². The van der Waals surface area contributed by atoms with Crippen LogP contribution in [-0.2, 0) is 0 Å². The number of carboxylic acids is 1. The number of nitrogens with zero attached hydrogens (tertiary/aromatic N) is 2. The van der Waals surface area contributed by atoms with Crippen molar-refractivity contribution in [2.75, 3.05) is 0 Å². The molecule has 2 rings (SSSR count). The van der Waals surface area contributed by atoms with E-state index in [0.717, 1.165) is 4.90 Å². The van der Waals surface area contributed by atoms with Crippen molar-refractivity contribution in [1.29, 1.82) is 5.26 Å². The lowest BCUT2D eigenvalue weighted by Gasteiger charge is -2.01. The van der Waals surface area contributed by atoms with Crippen molar-refractivity contribution in [3.63, 3.8) is 0 Å². The van der Waals surface area contributed by atoms with Crippen LogP contribution in [0.3, 0.4) is 0 Å². The molecule has 5 heteroatoms. The summed E-state index contributed by atoms with van der Waals surface area (Å²) in [6.45, 7) is 0. The van der Waals surface area contributed by atoms with Gasteiger partial charge in [0.15, 0.2) is 0 Å². The molecule has 18 heavy (non-hydrogen) atoms. The molecule has 0 spiro atoms. The quantitative estimate of drug-likeness (QED) is 0.914. The molecule has 0 bridgehead atoms. The van der Waals surface area contributed by atoms with E-state index in [4.69, 9.17) is 10.4 Å². The first-order valence-electron chi connectivity index (χ1n) is 5.06. The van der Waals surface area contributed by atoms with E-state index in [-0.39, 0.29) is 5.56 Å². The molecule has 0 saturated carbocycles. The Morgan fingerprint density at radius 1 is 1.28 bits per heavy atom. The first-order chi connectivity index (χ1) is 8.69. The molecule has 88 valence electrons. The van der Waals surface area contributed by atoms with E-state index in [1.807, 2.05) is 6.07 Å². The first-order valence-corrected chi connectivity index (χ1v) is 5.88. The van der Waals surface area contributed by atoms with Crippen molar-refractivity contribution < 1.29 is 9.90 Å². The minimum atomic E-state index is -0.973. The third kappa shape index (κ3) is 2.87. The maximum atomic E-state index is 10.8. The lowest BCUT2D eigenvalue weighted by Crippen LogP contribution is -1.96. The van der Waals surface area contributed by atoms with Gasteiger partial charge in [-0.25, -0.2) is 9.78 Å². The molecule has 0 unspecified atom stereocenters. The van der Waals surface area contributed by atoms with E-state index in [9.17, 15) is 4.79 Å². The van der Waals surface area contributed by atoms with E-state index < -0.39 is 5.97 Å². The fraction of sp³-hybridized carbons (Fsp3) is 0. The Balaban J connectivity index is 2.20. The topological polar surface area (TPSA) is 74.0 Å². The predicted molar refractivity (Wildman–Crippen MR) is 66.5 cm³/mol. The van der Waals surface area contributed by atoms with Crippen molar-refractivity contribution in [2.24, 2.45) is 0 Å². The van der Waals surface area contributed by atoms with Crippen LogP contribution in [0, 0.1) is 11.3 Å². The van der Waals surface area contributed by atoms with Gasteiger partial charge in [-0.1, -0.05) is 11.8 Å². The highest BCUT2D eigenvalue weighted by Crippen LogP contribution is 2.26. The van der Waals surface area contributed by atoms with Gasteiger partial charge in [0.1, 0.15) is 5.03 Å². The minimum Gasteiger partial charge on any atom is -0.478 e. The van der Waals surface area contributed by atoms with Crippen LogP contribution in [0.15, 0.2) is 52.5 Å². The van der Waals surface area contributed by atoms with Gasteiger partial charge in [-0.05, 0) is 36.4 Å². The molecule has 1 N–H and O–H groups in total. The van der Waals surface area contributed by atoms with Gasteiger partial charge < -0.3 is 5.11 Å². The highest BCUT2D eigenvalue weighted by molar-refractivity contribution is 7.99. The molecule has 0 aliphatic carbocycles. The van der Waals surface area contributed by atoms with Gasteiger partial charge in [-0.15, -0.1) is 0 Å².